The molecule has 0 saturated heterocycles. The Labute approximate surface area is 146 Å². The standard InChI is InChI=1S/C20H14N2O2S/c21-13-14-5-8-18(9-6-14)25(23,24)22-17-7-10-20-16(12-17)11-15-3-1-2-4-19(15)20/h1-10,12,22H,11H2. The van der Waals surface area contributed by atoms with Gasteiger partial charge in [-0.1, -0.05) is 30.3 Å². The van der Waals surface area contributed by atoms with E-state index in [1.54, 1.807) is 6.07 Å². The predicted octanol–water partition coefficient (Wildman–Crippen LogP) is 3.93. The summed E-state index contributed by atoms with van der Waals surface area (Å²) in [4.78, 5) is 0.135. The minimum Gasteiger partial charge on any atom is -0.280 e. The van der Waals surface area contributed by atoms with Gasteiger partial charge in [0.25, 0.3) is 10.0 Å². The molecule has 0 unspecified atom stereocenters. The monoisotopic (exact) mass is 346 g/mol. The van der Waals surface area contributed by atoms with Crippen molar-refractivity contribution in [2.45, 2.75) is 11.3 Å². The lowest BCUT2D eigenvalue weighted by atomic mass is 10.1. The van der Waals surface area contributed by atoms with Gasteiger partial charge in [-0.3, -0.25) is 4.72 Å². The van der Waals surface area contributed by atoms with Crippen LogP contribution in [-0.4, -0.2) is 8.42 Å². The molecule has 0 atom stereocenters. The van der Waals surface area contributed by atoms with E-state index < -0.39 is 10.0 Å². The number of nitrogens with one attached hydrogen (secondary N) is 1. The SMILES string of the molecule is N#Cc1ccc(S(=O)(=O)Nc2ccc3c(c2)Cc2ccccc2-3)cc1. The fourth-order valence-corrected chi connectivity index (χ4v) is 4.18. The summed E-state index contributed by atoms with van der Waals surface area (Å²) in [6.07, 6.45) is 0.804. The number of fused-ring (bicyclic) bond motifs is 3. The zero-order chi connectivity index (χ0) is 17.4. The lowest BCUT2D eigenvalue weighted by molar-refractivity contribution is 0.601. The third-order valence-electron chi connectivity index (χ3n) is 4.34. The quantitative estimate of drug-likeness (QED) is 0.611. The topological polar surface area (TPSA) is 70.0 Å². The maximum atomic E-state index is 12.5. The normalized spacial score (nSPS) is 12.1. The molecule has 1 N–H and O–H groups in total. The molecular formula is C20H14N2O2S. The van der Waals surface area contributed by atoms with Crippen molar-refractivity contribution < 1.29 is 8.42 Å². The van der Waals surface area contributed by atoms with Crippen molar-refractivity contribution in [1.29, 1.82) is 5.26 Å². The molecule has 0 aliphatic heterocycles. The van der Waals surface area contributed by atoms with Gasteiger partial charge >= 0.3 is 0 Å². The molecule has 0 amide bonds. The lowest BCUT2D eigenvalue weighted by Gasteiger charge is -2.10. The van der Waals surface area contributed by atoms with Gasteiger partial charge in [-0.2, -0.15) is 5.26 Å². The first kappa shape index (κ1) is 15.4. The minimum absolute atomic E-state index is 0.135. The molecule has 0 heterocycles. The highest BCUT2D eigenvalue weighted by Gasteiger charge is 2.20. The van der Waals surface area contributed by atoms with Crippen LogP contribution in [0.5, 0.6) is 0 Å². The highest BCUT2D eigenvalue weighted by Crippen LogP contribution is 2.37. The van der Waals surface area contributed by atoms with E-state index in [0.717, 1.165) is 17.5 Å². The Morgan fingerprint density at radius 3 is 2.36 bits per heavy atom. The van der Waals surface area contributed by atoms with Gasteiger partial charge in [-0.15, -0.1) is 0 Å². The Bertz CT molecular complexity index is 1110. The van der Waals surface area contributed by atoms with E-state index in [4.69, 9.17) is 5.26 Å². The number of anilines is 1. The van der Waals surface area contributed by atoms with Gasteiger partial charge in [-0.05, 0) is 65.1 Å². The van der Waals surface area contributed by atoms with Crippen molar-refractivity contribution in [3.63, 3.8) is 0 Å². The molecule has 0 radical (unpaired) electrons. The summed E-state index contributed by atoms with van der Waals surface area (Å²) in [7, 11) is -3.68. The van der Waals surface area contributed by atoms with Gasteiger partial charge in [0.2, 0.25) is 0 Å². The van der Waals surface area contributed by atoms with Gasteiger partial charge in [-0.25, -0.2) is 8.42 Å². The molecule has 0 fully saturated rings. The highest BCUT2D eigenvalue weighted by atomic mass is 32.2. The summed E-state index contributed by atoms with van der Waals surface area (Å²) in [6.45, 7) is 0. The largest absolute Gasteiger partial charge is 0.280 e. The lowest BCUT2D eigenvalue weighted by Crippen LogP contribution is -2.13. The number of rotatable bonds is 3. The van der Waals surface area contributed by atoms with Crippen LogP contribution in [0.15, 0.2) is 71.6 Å². The maximum absolute atomic E-state index is 12.5. The molecule has 4 nitrogen and oxygen atoms in total. The minimum atomic E-state index is -3.68. The predicted molar refractivity (Wildman–Crippen MR) is 96.6 cm³/mol. The molecule has 122 valence electrons. The zero-order valence-electron chi connectivity index (χ0n) is 13.2. The van der Waals surface area contributed by atoms with Crippen LogP contribution in [0.4, 0.5) is 5.69 Å². The van der Waals surface area contributed by atoms with Crippen LogP contribution in [-0.2, 0) is 16.4 Å². The third-order valence-corrected chi connectivity index (χ3v) is 5.74. The Morgan fingerprint density at radius 1 is 0.880 bits per heavy atom. The molecular weight excluding hydrogens is 332 g/mol. The van der Waals surface area contributed by atoms with Crippen molar-refractivity contribution in [2.75, 3.05) is 4.72 Å². The van der Waals surface area contributed by atoms with Crippen molar-refractivity contribution in [2.24, 2.45) is 0 Å². The van der Waals surface area contributed by atoms with Crippen LogP contribution in [0, 0.1) is 11.3 Å². The van der Waals surface area contributed by atoms with Crippen molar-refractivity contribution in [1.82, 2.24) is 0 Å². The van der Waals surface area contributed by atoms with Gasteiger partial charge < -0.3 is 0 Å². The highest BCUT2D eigenvalue weighted by molar-refractivity contribution is 7.92. The van der Waals surface area contributed by atoms with Crippen LogP contribution in [0.25, 0.3) is 11.1 Å². The van der Waals surface area contributed by atoms with Gasteiger partial charge in [0.15, 0.2) is 0 Å². The summed E-state index contributed by atoms with van der Waals surface area (Å²) in [5.74, 6) is 0. The average Bonchev–Trinajstić information content (AvgIpc) is 2.99. The molecule has 0 spiro atoms. The van der Waals surface area contributed by atoms with Crippen molar-refractivity contribution in [3.05, 3.63) is 83.4 Å². The zero-order valence-corrected chi connectivity index (χ0v) is 14.0. The maximum Gasteiger partial charge on any atom is 0.261 e. The van der Waals surface area contributed by atoms with Gasteiger partial charge in [0, 0.05) is 5.69 Å². The smallest absolute Gasteiger partial charge is 0.261 e. The fourth-order valence-electron chi connectivity index (χ4n) is 3.13. The van der Waals surface area contributed by atoms with E-state index >= 15 is 0 Å². The number of nitriles is 1. The van der Waals surface area contributed by atoms with E-state index in [1.807, 2.05) is 30.3 Å². The molecule has 4 rings (SSSR count). The Balaban J connectivity index is 1.63. The van der Waals surface area contributed by atoms with Crippen LogP contribution in [0.1, 0.15) is 16.7 Å². The van der Waals surface area contributed by atoms with E-state index in [-0.39, 0.29) is 4.90 Å². The van der Waals surface area contributed by atoms with Crippen molar-refractivity contribution in [3.8, 4) is 17.2 Å². The number of hydrogen-bond acceptors (Lipinski definition) is 3. The Kier molecular flexibility index (Phi) is 3.56. The second-order valence-electron chi connectivity index (χ2n) is 5.95. The first-order valence-electron chi connectivity index (χ1n) is 7.81. The molecule has 1 aliphatic carbocycles. The molecule has 25 heavy (non-hydrogen) atoms. The number of sulfonamides is 1. The summed E-state index contributed by atoms with van der Waals surface area (Å²) in [5.41, 5.74) is 5.69. The molecule has 0 saturated carbocycles. The van der Waals surface area contributed by atoms with Gasteiger partial charge in [0.05, 0.1) is 16.5 Å². The molecule has 3 aromatic rings. The molecule has 1 aliphatic rings. The van der Waals surface area contributed by atoms with Crippen LogP contribution >= 0.6 is 0 Å². The van der Waals surface area contributed by atoms with E-state index in [2.05, 4.69) is 16.9 Å². The summed E-state index contributed by atoms with van der Waals surface area (Å²) < 4.78 is 27.7. The summed E-state index contributed by atoms with van der Waals surface area (Å²) in [5, 5.41) is 8.82. The Hall–Kier alpha value is -3.10. The molecule has 5 heteroatoms. The van der Waals surface area contributed by atoms with E-state index in [9.17, 15) is 8.42 Å². The van der Waals surface area contributed by atoms with Crippen LogP contribution in [0.2, 0.25) is 0 Å². The van der Waals surface area contributed by atoms with Gasteiger partial charge in [0.1, 0.15) is 0 Å². The summed E-state index contributed by atoms with van der Waals surface area (Å²) in [6, 6.07) is 21.7. The average molecular weight is 346 g/mol. The van der Waals surface area contributed by atoms with E-state index in [0.29, 0.717) is 11.3 Å². The molecule has 0 aromatic heterocycles. The first-order valence-corrected chi connectivity index (χ1v) is 9.29. The number of nitrogens with zero attached hydrogens (tertiary/aromatic N) is 1. The second kappa shape index (κ2) is 5.76. The first-order chi connectivity index (χ1) is 12.1. The van der Waals surface area contributed by atoms with E-state index in [1.165, 1.54) is 35.4 Å². The summed E-state index contributed by atoms with van der Waals surface area (Å²) >= 11 is 0. The van der Waals surface area contributed by atoms with Crippen LogP contribution in [0.3, 0.4) is 0 Å². The number of benzene rings is 3. The Morgan fingerprint density at radius 2 is 1.60 bits per heavy atom. The number of hydrogen-bond donors (Lipinski definition) is 1. The molecule has 0 bridgehead atoms. The van der Waals surface area contributed by atoms with Crippen molar-refractivity contribution >= 4 is 15.7 Å². The van der Waals surface area contributed by atoms with Crippen LogP contribution < -0.4 is 4.72 Å². The molecule has 3 aromatic carbocycles. The third kappa shape index (κ3) is 2.77. The fraction of sp³-hybridized carbons (Fsp3) is 0.0500. The second-order valence-corrected chi connectivity index (χ2v) is 7.63.